The summed E-state index contributed by atoms with van der Waals surface area (Å²) < 4.78 is 37.8. The maximum atomic E-state index is 13.2. The molecule has 1 atom stereocenters. The highest BCUT2D eigenvalue weighted by Gasteiger charge is 2.22. The van der Waals surface area contributed by atoms with Gasteiger partial charge in [0.1, 0.15) is 12.4 Å². The summed E-state index contributed by atoms with van der Waals surface area (Å²) in [6.45, 7) is 5.37. The molecule has 0 aliphatic heterocycles. The summed E-state index contributed by atoms with van der Waals surface area (Å²) in [6.07, 6.45) is 0.983. The van der Waals surface area contributed by atoms with Crippen LogP contribution in [-0.2, 0) is 14.8 Å². The third-order valence-electron chi connectivity index (χ3n) is 3.17. The van der Waals surface area contributed by atoms with Crippen LogP contribution < -0.4 is 9.62 Å². The van der Waals surface area contributed by atoms with Crippen LogP contribution in [0.5, 0.6) is 0 Å². The van der Waals surface area contributed by atoms with Gasteiger partial charge in [0.05, 0.1) is 11.9 Å². The minimum atomic E-state index is -3.68. The first-order valence-corrected chi connectivity index (χ1v) is 8.48. The molecule has 0 aliphatic carbocycles. The lowest BCUT2D eigenvalue weighted by atomic mass is 10.1. The molecular weight excluding hydrogens is 295 g/mol. The topological polar surface area (TPSA) is 66.5 Å². The van der Waals surface area contributed by atoms with Gasteiger partial charge in [-0.1, -0.05) is 19.9 Å². The molecule has 5 nitrogen and oxygen atoms in total. The molecule has 118 valence electrons. The zero-order chi connectivity index (χ0) is 16.2. The molecule has 0 radical (unpaired) electrons. The Labute approximate surface area is 125 Å². The van der Waals surface area contributed by atoms with E-state index in [0.717, 1.165) is 16.6 Å². The number of hydrogen-bond acceptors (Lipinski definition) is 3. The molecule has 0 unspecified atom stereocenters. The van der Waals surface area contributed by atoms with Crippen LogP contribution in [0.3, 0.4) is 0 Å². The normalized spacial score (nSPS) is 13.0. The van der Waals surface area contributed by atoms with E-state index in [9.17, 15) is 17.6 Å². The molecule has 0 saturated carbocycles. The van der Waals surface area contributed by atoms with Gasteiger partial charge < -0.3 is 5.32 Å². The summed E-state index contributed by atoms with van der Waals surface area (Å²) in [5.41, 5.74) is 0.129. The number of halogens is 1. The minimum absolute atomic E-state index is 0.0774. The fourth-order valence-corrected chi connectivity index (χ4v) is 2.48. The van der Waals surface area contributed by atoms with Gasteiger partial charge in [-0.3, -0.25) is 9.10 Å². The van der Waals surface area contributed by atoms with Crippen LogP contribution in [0, 0.1) is 11.7 Å². The standard InChI is InChI=1S/C14H21FN2O3S/c1-10(2)11(3)16-14(18)9-17(21(4,19)20)13-7-5-6-12(15)8-13/h5-8,10-11H,9H2,1-4H3,(H,16,18)/t11-/m0/s1. The fourth-order valence-electron chi connectivity index (χ4n) is 1.63. The first kappa shape index (κ1) is 17.4. The number of carbonyl (C=O) groups excluding carboxylic acids is 1. The zero-order valence-electron chi connectivity index (χ0n) is 12.6. The molecule has 0 spiro atoms. The van der Waals surface area contributed by atoms with Crippen molar-refractivity contribution in [3.63, 3.8) is 0 Å². The van der Waals surface area contributed by atoms with Gasteiger partial charge in [-0.2, -0.15) is 0 Å². The SMILES string of the molecule is CC(C)[C@H](C)NC(=O)CN(c1cccc(F)c1)S(C)(=O)=O. The predicted molar refractivity (Wildman–Crippen MR) is 81.0 cm³/mol. The molecule has 0 fully saturated rings. The van der Waals surface area contributed by atoms with Crippen LogP contribution in [0.4, 0.5) is 10.1 Å². The van der Waals surface area contributed by atoms with E-state index in [2.05, 4.69) is 5.32 Å². The highest BCUT2D eigenvalue weighted by atomic mass is 32.2. The monoisotopic (exact) mass is 316 g/mol. The van der Waals surface area contributed by atoms with E-state index in [0.29, 0.717) is 0 Å². The van der Waals surface area contributed by atoms with E-state index in [1.807, 2.05) is 20.8 Å². The third-order valence-corrected chi connectivity index (χ3v) is 4.31. The van der Waals surface area contributed by atoms with Crippen molar-refractivity contribution < 1.29 is 17.6 Å². The highest BCUT2D eigenvalue weighted by Crippen LogP contribution is 2.18. The molecule has 0 aliphatic rings. The van der Waals surface area contributed by atoms with Crippen molar-refractivity contribution in [1.82, 2.24) is 5.32 Å². The van der Waals surface area contributed by atoms with Gasteiger partial charge in [0.2, 0.25) is 15.9 Å². The third kappa shape index (κ3) is 5.34. The smallest absolute Gasteiger partial charge is 0.240 e. The van der Waals surface area contributed by atoms with Crippen molar-refractivity contribution in [3.8, 4) is 0 Å². The van der Waals surface area contributed by atoms with Crippen LogP contribution in [0.25, 0.3) is 0 Å². The summed E-state index contributed by atoms with van der Waals surface area (Å²) in [5, 5.41) is 2.73. The second-order valence-corrected chi connectivity index (χ2v) is 7.26. The molecule has 1 aromatic rings. The number of carbonyl (C=O) groups is 1. The molecule has 1 rings (SSSR count). The van der Waals surface area contributed by atoms with Gasteiger partial charge in [0, 0.05) is 6.04 Å². The predicted octanol–water partition coefficient (Wildman–Crippen LogP) is 1.75. The van der Waals surface area contributed by atoms with Crippen molar-refractivity contribution in [2.24, 2.45) is 5.92 Å². The van der Waals surface area contributed by atoms with Gasteiger partial charge in [-0.25, -0.2) is 12.8 Å². The summed E-state index contributed by atoms with van der Waals surface area (Å²) in [6, 6.07) is 5.07. The first-order valence-electron chi connectivity index (χ1n) is 6.64. The number of benzene rings is 1. The molecule has 1 amide bonds. The molecule has 7 heteroatoms. The molecular formula is C14H21FN2O3S. The maximum Gasteiger partial charge on any atom is 0.240 e. The van der Waals surface area contributed by atoms with Crippen molar-refractivity contribution in [1.29, 1.82) is 0 Å². The van der Waals surface area contributed by atoms with Crippen molar-refractivity contribution in [2.75, 3.05) is 17.1 Å². The quantitative estimate of drug-likeness (QED) is 0.869. The average molecular weight is 316 g/mol. The van der Waals surface area contributed by atoms with Gasteiger partial charge in [0.15, 0.2) is 0 Å². The second kappa shape index (κ2) is 6.89. The summed E-state index contributed by atoms with van der Waals surface area (Å²) in [5.74, 6) is -0.752. The summed E-state index contributed by atoms with van der Waals surface area (Å²) in [7, 11) is -3.68. The maximum absolute atomic E-state index is 13.2. The first-order chi connectivity index (χ1) is 9.61. The van der Waals surface area contributed by atoms with E-state index >= 15 is 0 Å². The molecule has 0 aromatic heterocycles. The Balaban J connectivity index is 2.94. The van der Waals surface area contributed by atoms with Crippen LogP contribution in [0.15, 0.2) is 24.3 Å². The number of amides is 1. The second-order valence-electron chi connectivity index (χ2n) is 5.35. The number of nitrogens with one attached hydrogen (secondary N) is 1. The van der Waals surface area contributed by atoms with Crippen LogP contribution in [0.2, 0.25) is 0 Å². The summed E-state index contributed by atoms with van der Waals surface area (Å²) in [4.78, 5) is 12.0. The molecule has 0 bridgehead atoms. The Kier molecular flexibility index (Phi) is 5.71. The van der Waals surface area contributed by atoms with E-state index in [-0.39, 0.29) is 24.2 Å². The molecule has 1 aromatic carbocycles. The van der Waals surface area contributed by atoms with Crippen LogP contribution in [-0.4, -0.2) is 33.2 Å². The van der Waals surface area contributed by atoms with Crippen molar-refractivity contribution in [3.05, 3.63) is 30.1 Å². The Morgan fingerprint density at radius 2 is 1.95 bits per heavy atom. The highest BCUT2D eigenvalue weighted by molar-refractivity contribution is 7.92. The van der Waals surface area contributed by atoms with E-state index < -0.39 is 21.7 Å². The largest absolute Gasteiger partial charge is 0.352 e. The van der Waals surface area contributed by atoms with Gasteiger partial charge in [0.25, 0.3) is 0 Å². The average Bonchev–Trinajstić information content (AvgIpc) is 2.34. The number of rotatable bonds is 6. The Hall–Kier alpha value is -1.63. The van der Waals surface area contributed by atoms with Gasteiger partial charge >= 0.3 is 0 Å². The summed E-state index contributed by atoms with van der Waals surface area (Å²) >= 11 is 0. The fraction of sp³-hybridized carbons (Fsp3) is 0.500. The lowest BCUT2D eigenvalue weighted by molar-refractivity contribution is -0.120. The van der Waals surface area contributed by atoms with E-state index in [4.69, 9.17) is 0 Å². The number of hydrogen-bond donors (Lipinski definition) is 1. The zero-order valence-corrected chi connectivity index (χ0v) is 13.4. The molecule has 1 N–H and O–H groups in total. The van der Waals surface area contributed by atoms with E-state index in [1.54, 1.807) is 0 Å². The molecule has 21 heavy (non-hydrogen) atoms. The minimum Gasteiger partial charge on any atom is -0.352 e. The number of nitrogens with zero attached hydrogens (tertiary/aromatic N) is 1. The number of sulfonamides is 1. The molecule has 0 saturated heterocycles. The van der Waals surface area contributed by atoms with Crippen LogP contribution >= 0.6 is 0 Å². The van der Waals surface area contributed by atoms with E-state index in [1.165, 1.54) is 18.2 Å². The lowest BCUT2D eigenvalue weighted by Crippen LogP contribution is -2.44. The van der Waals surface area contributed by atoms with Gasteiger partial charge in [-0.15, -0.1) is 0 Å². The Morgan fingerprint density at radius 3 is 2.43 bits per heavy atom. The van der Waals surface area contributed by atoms with Gasteiger partial charge in [-0.05, 0) is 31.0 Å². The Morgan fingerprint density at radius 1 is 1.33 bits per heavy atom. The van der Waals surface area contributed by atoms with Crippen molar-refractivity contribution >= 4 is 21.6 Å². The Bertz CT molecular complexity index is 602. The van der Waals surface area contributed by atoms with Crippen LogP contribution in [0.1, 0.15) is 20.8 Å². The van der Waals surface area contributed by atoms with Crippen molar-refractivity contribution in [2.45, 2.75) is 26.8 Å². The lowest BCUT2D eigenvalue weighted by Gasteiger charge is -2.24. The number of anilines is 1. The molecule has 0 heterocycles.